The Kier molecular flexibility index (Phi) is 5.26. The fraction of sp³-hybridized carbons (Fsp3) is 0.625. The van der Waals surface area contributed by atoms with E-state index in [1.165, 1.54) is 18.4 Å². The molecule has 1 aromatic carbocycles. The molecule has 1 aliphatic rings. The van der Waals surface area contributed by atoms with Crippen LogP contribution in [0.3, 0.4) is 0 Å². The van der Waals surface area contributed by atoms with Crippen LogP contribution in [-0.4, -0.2) is 30.1 Å². The van der Waals surface area contributed by atoms with E-state index >= 15 is 0 Å². The SMILES string of the molecule is CCC1CN(Cc2ccc(C)c(Cl)c2)C(CC)CN1. The molecule has 106 valence electrons. The molecule has 2 atom stereocenters. The average Bonchev–Trinajstić information content (AvgIpc) is 2.43. The first-order valence-electron chi connectivity index (χ1n) is 7.36. The second-order valence-corrected chi connectivity index (χ2v) is 6.00. The third-order valence-corrected chi connectivity index (χ3v) is 4.61. The molecule has 0 aromatic heterocycles. The van der Waals surface area contributed by atoms with Crippen LogP contribution in [0, 0.1) is 6.92 Å². The molecule has 0 saturated carbocycles. The van der Waals surface area contributed by atoms with Gasteiger partial charge in [0.15, 0.2) is 0 Å². The number of hydrogen-bond donors (Lipinski definition) is 1. The molecule has 1 aromatic rings. The highest BCUT2D eigenvalue weighted by Crippen LogP contribution is 2.20. The standard InChI is InChI=1S/C16H25ClN2/c1-4-14-11-19(15(5-2)9-18-14)10-13-7-6-12(3)16(17)8-13/h6-8,14-15,18H,4-5,9-11H2,1-3H3. The van der Waals surface area contributed by atoms with Gasteiger partial charge in [-0.3, -0.25) is 4.90 Å². The Labute approximate surface area is 122 Å². The molecule has 1 heterocycles. The number of halogens is 1. The van der Waals surface area contributed by atoms with Crippen LogP contribution in [0.4, 0.5) is 0 Å². The Morgan fingerprint density at radius 2 is 2.11 bits per heavy atom. The molecule has 0 amide bonds. The number of nitrogens with zero attached hydrogens (tertiary/aromatic N) is 1. The van der Waals surface area contributed by atoms with Crippen LogP contribution in [0.15, 0.2) is 18.2 Å². The van der Waals surface area contributed by atoms with Gasteiger partial charge in [0, 0.05) is 36.7 Å². The smallest absolute Gasteiger partial charge is 0.0438 e. The summed E-state index contributed by atoms with van der Waals surface area (Å²) >= 11 is 6.23. The first kappa shape index (κ1) is 14.8. The highest BCUT2D eigenvalue weighted by molar-refractivity contribution is 6.31. The van der Waals surface area contributed by atoms with Crippen LogP contribution >= 0.6 is 11.6 Å². The highest BCUT2D eigenvalue weighted by Gasteiger charge is 2.25. The summed E-state index contributed by atoms with van der Waals surface area (Å²) in [7, 11) is 0. The Hall–Kier alpha value is -0.570. The lowest BCUT2D eigenvalue weighted by Gasteiger charge is -2.40. The van der Waals surface area contributed by atoms with Crippen molar-refractivity contribution in [3.63, 3.8) is 0 Å². The van der Waals surface area contributed by atoms with E-state index in [0.717, 1.165) is 30.2 Å². The topological polar surface area (TPSA) is 15.3 Å². The molecule has 0 radical (unpaired) electrons. The molecule has 1 N–H and O–H groups in total. The minimum atomic E-state index is 0.628. The number of benzene rings is 1. The zero-order valence-electron chi connectivity index (χ0n) is 12.2. The van der Waals surface area contributed by atoms with Crippen molar-refractivity contribution in [1.82, 2.24) is 10.2 Å². The van der Waals surface area contributed by atoms with Crippen molar-refractivity contribution in [3.8, 4) is 0 Å². The summed E-state index contributed by atoms with van der Waals surface area (Å²) in [5.74, 6) is 0. The van der Waals surface area contributed by atoms with Gasteiger partial charge in [-0.05, 0) is 37.0 Å². The molecule has 3 heteroatoms. The number of rotatable bonds is 4. The predicted molar refractivity (Wildman–Crippen MR) is 82.8 cm³/mol. The normalized spacial score (nSPS) is 24.6. The fourth-order valence-electron chi connectivity index (χ4n) is 2.77. The van der Waals surface area contributed by atoms with Crippen LogP contribution in [0.25, 0.3) is 0 Å². The maximum atomic E-state index is 6.23. The molecule has 2 nitrogen and oxygen atoms in total. The zero-order valence-corrected chi connectivity index (χ0v) is 13.0. The van der Waals surface area contributed by atoms with Gasteiger partial charge in [0.05, 0.1) is 0 Å². The van der Waals surface area contributed by atoms with Gasteiger partial charge in [-0.15, -0.1) is 0 Å². The van der Waals surface area contributed by atoms with Gasteiger partial charge in [0.25, 0.3) is 0 Å². The van der Waals surface area contributed by atoms with E-state index < -0.39 is 0 Å². The van der Waals surface area contributed by atoms with Gasteiger partial charge in [-0.25, -0.2) is 0 Å². The van der Waals surface area contributed by atoms with Crippen LogP contribution in [-0.2, 0) is 6.54 Å². The van der Waals surface area contributed by atoms with Crippen molar-refractivity contribution in [2.45, 2.75) is 52.2 Å². The molecule has 1 saturated heterocycles. The lowest BCUT2D eigenvalue weighted by molar-refractivity contribution is 0.117. The number of hydrogen-bond acceptors (Lipinski definition) is 2. The quantitative estimate of drug-likeness (QED) is 0.906. The average molecular weight is 281 g/mol. The van der Waals surface area contributed by atoms with Gasteiger partial charge in [-0.1, -0.05) is 37.6 Å². The van der Waals surface area contributed by atoms with E-state index in [4.69, 9.17) is 11.6 Å². The third-order valence-electron chi connectivity index (χ3n) is 4.20. The Morgan fingerprint density at radius 3 is 2.74 bits per heavy atom. The number of piperazine rings is 1. The predicted octanol–water partition coefficient (Wildman–Crippen LogP) is 3.61. The number of aryl methyl sites for hydroxylation is 1. The minimum Gasteiger partial charge on any atom is -0.311 e. The summed E-state index contributed by atoms with van der Waals surface area (Å²) in [6.07, 6.45) is 2.39. The molecule has 1 fully saturated rings. The van der Waals surface area contributed by atoms with Gasteiger partial charge in [0.1, 0.15) is 0 Å². The maximum absolute atomic E-state index is 6.23. The zero-order chi connectivity index (χ0) is 13.8. The molecule has 1 aliphatic heterocycles. The molecule has 2 unspecified atom stereocenters. The molecular formula is C16H25ClN2. The second kappa shape index (κ2) is 6.74. The van der Waals surface area contributed by atoms with Crippen molar-refractivity contribution in [1.29, 1.82) is 0 Å². The van der Waals surface area contributed by atoms with Crippen molar-refractivity contribution in [2.75, 3.05) is 13.1 Å². The Bertz CT molecular complexity index is 419. The first-order valence-corrected chi connectivity index (χ1v) is 7.74. The van der Waals surface area contributed by atoms with Gasteiger partial charge in [-0.2, -0.15) is 0 Å². The Morgan fingerprint density at radius 1 is 1.32 bits per heavy atom. The monoisotopic (exact) mass is 280 g/mol. The summed E-state index contributed by atoms with van der Waals surface area (Å²) in [5.41, 5.74) is 2.48. The third kappa shape index (κ3) is 3.71. The summed E-state index contributed by atoms with van der Waals surface area (Å²) in [6, 6.07) is 7.72. The molecule has 0 aliphatic carbocycles. The molecule has 19 heavy (non-hydrogen) atoms. The fourth-order valence-corrected chi connectivity index (χ4v) is 2.97. The highest BCUT2D eigenvalue weighted by atomic mass is 35.5. The van der Waals surface area contributed by atoms with Crippen molar-refractivity contribution in [2.24, 2.45) is 0 Å². The second-order valence-electron chi connectivity index (χ2n) is 5.59. The van der Waals surface area contributed by atoms with Crippen LogP contribution in [0.2, 0.25) is 5.02 Å². The molecule has 0 spiro atoms. The van der Waals surface area contributed by atoms with E-state index in [1.54, 1.807) is 0 Å². The lowest BCUT2D eigenvalue weighted by Crippen LogP contribution is -2.55. The van der Waals surface area contributed by atoms with Crippen molar-refractivity contribution in [3.05, 3.63) is 34.3 Å². The summed E-state index contributed by atoms with van der Waals surface area (Å²) in [6.45, 7) is 9.84. The van der Waals surface area contributed by atoms with E-state index in [1.807, 2.05) is 0 Å². The van der Waals surface area contributed by atoms with Crippen LogP contribution in [0.5, 0.6) is 0 Å². The lowest BCUT2D eigenvalue weighted by atomic mass is 10.0. The van der Waals surface area contributed by atoms with E-state index in [-0.39, 0.29) is 0 Å². The van der Waals surface area contributed by atoms with Gasteiger partial charge >= 0.3 is 0 Å². The summed E-state index contributed by atoms with van der Waals surface area (Å²) < 4.78 is 0. The molecule has 2 rings (SSSR count). The van der Waals surface area contributed by atoms with Gasteiger partial charge < -0.3 is 5.32 Å². The first-order chi connectivity index (χ1) is 9.13. The van der Waals surface area contributed by atoms with Gasteiger partial charge in [0.2, 0.25) is 0 Å². The van der Waals surface area contributed by atoms with E-state index in [2.05, 4.69) is 49.2 Å². The van der Waals surface area contributed by atoms with E-state index in [9.17, 15) is 0 Å². The minimum absolute atomic E-state index is 0.628. The maximum Gasteiger partial charge on any atom is 0.0438 e. The molecule has 0 bridgehead atoms. The largest absolute Gasteiger partial charge is 0.311 e. The van der Waals surface area contributed by atoms with E-state index in [0.29, 0.717) is 12.1 Å². The molecular weight excluding hydrogens is 256 g/mol. The number of nitrogens with one attached hydrogen (secondary N) is 1. The van der Waals surface area contributed by atoms with Crippen molar-refractivity contribution >= 4 is 11.6 Å². The Balaban J connectivity index is 2.07. The van der Waals surface area contributed by atoms with Crippen LogP contribution in [0.1, 0.15) is 37.8 Å². The summed E-state index contributed by atoms with van der Waals surface area (Å²) in [4.78, 5) is 2.60. The summed E-state index contributed by atoms with van der Waals surface area (Å²) in [5, 5.41) is 4.52. The van der Waals surface area contributed by atoms with Crippen LogP contribution < -0.4 is 5.32 Å². The van der Waals surface area contributed by atoms with Crippen molar-refractivity contribution < 1.29 is 0 Å².